The molecule has 1 aliphatic heterocycles. The number of ether oxygens (including phenoxy) is 1. The number of nitrogens with zero attached hydrogens (tertiary/aromatic N) is 2. The van der Waals surface area contributed by atoms with Crippen LogP contribution < -0.4 is 0 Å². The van der Waals surface area contributed by atoms with Crippen LogP contribution in [0, 0.1) is 5.92 Å². The first-order valence-corrected chi connectivity index (χ1v) is 6.81. The Morgan fingerprint density at radius 1 is 1.40 bits per heavy atom. The lowest BCUT2D eigenvalue weighted by Crippen LogP contribution is -2.42. The Labute approximate surface area is 118 Å². The minimum atomic E-state index is -0.811. The highest BCUT2D eigenvalue weighted by atomic mass is 16.5. The summed E-state index contributed by atoms with van der Waals surface area (Å²) in [7, 11) is 1.56. The summed E-state index contributed by atoms with van der Waals surface area (Å²) in [6.45, 7) is 3.10. The molecule has 1 N–H and O–H groups in total. The Bertz CT molecular complexity index is 372. The van der Waals surface area contributed by atoms with Crippen molar-refractivity contribution in [2.24, 2.45) is 5.92 Å². The normalized spacial score (nSPS) is 17.9. The van der Waals surface area contributed by atoms with Crippen LogP contribution in [0.4, 0.5) is 4.79 Å². The Hall–Kier alpha value is -1.79. The summed E-state index contributed by atoms with van der Waals surface area (Å²) >= 11 is 0. The number of urea groups is 1. The van der Waals surface area contributed by atoms with E-state index in [0.717, 1.165) is 6.42 Å². The number of likely N-dealkylation sites (tertiary alicyclic amines) is 1. The fourth-order valence-electron chi connectivity index (χ4n) is 2.28. The van der Waals surface area contributed by atoms with Gasteiger partial charge >= 0.3 is 18.0 Å². The summed E-state index contributed by atoms with van der Waals surface area (Å²) in [5.74, 6) is -1.01. The van der Waals surface area contributed by atoms with Crippen LogP contribution in [-0.4, -0.2) is 66.2 Å². The van der Waals surface area contributed by atoms with Crippen molar-refractivity contribution in [3.8, 4) is 0 Å². The van der Waals surface area contributed by atoms with E-state index in [4.69, 9.17) is 9.84 Å². The van der Waals surface area contributed by atoms with Gasteiger partial charge in [0, 0.05) is 26.6 Å². The van der Waals surface area contributed by atoms with Gasteiger partial charge in [0.15, 0.2) is 0 Å². The molecule has 0 aromatic rings. The van der Waals surface area contributed by atoms with Crippen molar-refractivity contribution in [3.63, 3.8) is 0 Å². The summed E-state index contributed by atoms with van der Waals surface area (Å²) in [4.78, 5) is 36.9. The van der Waals surface area contributed by atoms with Gasteiger partial charge in [-0.1, -0.05) is 0 Å². The third-order valence-electron chi connectivity index (χ3n) is 3.32. The van der Waals surface area contributed by atoms with Crippen molar-refractivity contribution < 1.29 is 24.2 Å². The van der Waals surface area contributed by atoms with Gasteiger partial charge in [0.1, 0.15) is 6.54 Å². The second-order valence-corrected chi connectivity index (χ2v) is 4.98. The molecule has 0 spiro atoms. The number of carbonyl (C=O) groups is 3. The van der Waals surface area contributed by atoms with Crippen LogP contribution in [0.5, 0.6) is 0 Å². The summed E-state index contributed by atoms with van der Waals surface area (Å²) in [6.07, 6.45) is 1.53. The van der Waals surface area contributed by atoms with Gasteiger partial charge in [-0.15, -0.1) is 0 Å². The third-order valence-corrected chi connectivity index (χ3v) is 3.32. The Kier molecular flexibility index (Phi) is 6.27. The monoisotopic (exact) mass is 286 g/mol. The first-order valence-electron chi connectivity index (χ1n) is 6.81. The number of carboxylic acids is 1. The SMILES string of the molecule is CCOC(=O)CN(C)C(=O)N1CCC(CCC(=O)O)C1. The van der Waals surface area contributed by atoms with E-state index >= 15 is 0 Å². The Morgan fingerprint density at radius 2 is 2.10 bits per heavy atom. The van der Waals surface area contributed by atoms with Crippen molar-refractivity contribution in [2.75, 3.05) is 33.3 Å². The van der Waals surface area contributed by atoms with Crippen LogP contribution in [0.3, 0.4) is 0 Å². The predicted molar refractivity (Wildman–Crippen MR) is 71.2 cm³/mol. The number of carboxylic acid groups (broad SMARTS) is 1. The second-order valence-electron chi connectivity index (χ2n) is 4.98. The number of carbonyl (C=O) groups excluding carboxylic acids is 2. The van der Waals surface area contributed by atoms with Crippen LogP contribution in [0.1, 0.15) is 26.2 Å². The number of esters is 1. The predicted octanol–water partition coefficient (Wildman–Crippen LogP) is 0.788. The quantitative estimate of drug-likeness (QED) is 0.729. The molecule has 2 amide bonds. The second kappa shape index (κ2) is 7.72. The molecule has 1 unspecified atom stereocenters. The highest BCUT2D eigenvalue weighted by Crippen LogP contribution is 2.21. The van der Waals surface area contributed by atoms with E-state index in [0.29, 0.717) is 26.1 Å². The molecule has 0 bridgehead atoms. The molecule has 0 aliphatic carbocycles. The largest absolute Gasteiger partial charge is 0.481 e. The smallest absolute Gasteiger partial charge is 0.325 e. The summed E-state index contributed by atoms with van der Waals surface area (Å²) in [5, 5.41) is 8.65. The molecule has 1 fully saturated rings. The highest BCUT2D eigenvalue weighted by molar-refractivity contribution is 5.81. The van der Waals surface area contributed by atoms with Gasteiger partial charge in [0.05, 0.1) is 6.61 Å². The van der Waals surface area contributed by atoms with Gasteiger partial charge in [0.25, 0.3) is 0 Å². The third kappa shape index (κ3) is 5.07. The molecule has 114 valence electrons. The van der Waals surface area contributed by atoms with E-state index in [1.54, 1.807) is 18.9 Å². The van der Waals surface area contributed by atoms with Crippen LogP contribution in [0.2, 0.25) is 0 Å². The standard InChI is InChI=1S/C13H22N2O5/c1-3-20-12(18)9-14(2)13(19)15-7-6-10(8-15)4-5-11(16)17/h10H,3-9H2,1-2H3,(H,16,17). The summed E-state index contributed by atoms with van der Waals surface area (Å²) in [5.41, 5.74) is 0. The van der Waals surface area contributed by atoms with E-state index < -0.39 is 11.9 Å². The van der Waals surface area contributed by atoms with Crippen molar-refractivity contribution in [1.82, 2.24) is 9.80 Å². The number of likely N-dealkylation sites (N-methyl/N-ethyl adjacent to an activating group) is 1. The minimum absolute atomic E-state index is 0.0665. The molecule has 1 saturated heterocycles. The van der Waals surface area contributed by atoms with E-state index in [-0.39, 0.29) is 24.9 Å². The van der Waals surface area contributed by atoms with Gasteiger partial charge < -0.3 is 19.6 Å². The lowest BCUT2D eigenvalue weighted by Gasteiger charge is -2.24. The number of hydrogen-bond donors (Lipinski definition) is 1. The maximum atomic E-state index is 12.1. The van der Waals surface area contributed by atoms with Crippen molar-refractivity contribution in [2.45, 2.75) is 26.2 Å². The number of aliphatic carboxylic acids is 1. The fourth-order valence-corrected chi connectivity index (χ4v) is 2.28. The average Bonchev–Trinajstić information content (AvgIpc) is 2.84. The van der Waals surface area contributed by atoms with Crippen molar-refractivity contribution in [3.05, 3.63) is 0 Å². The molecule has 1 atom stereocenters. The Balaban J connectivity index is 2.37. The molecule has 0 aromatic carbocycles. The fraction of sp³-hybridized carbons (Fsp3) is 0.769. The summed E-state index contributed by atoms with van der Waals surface area (Å²) in [6, 6.07) is -0.212. The van der Waals surface area contributed by atoms with Crippen molar-refractivity contribution in [1.29, 1.82) is 0 Å². The highest BCUT2D eigenvalue weighted by Gasteiger charge is 2.28. The molecule has 0 radical (unpaired) electrons. The Morgan fingerprint density at radius 3 is 2.70 bits per heavy atom. The van der Waals surface area contributed by atoms with E-state index in [9.17, 15) is 14.4 Å². The van der Waals surface area contributed by atoms with Gasteiger partial charge in [-0.25, -0.2) is 4.79 Å². The maximum absolute atomic E-state index is 12.1. The van der Waals surface area contributed by atoms with E-state index in [1.165, 1.54) is 4.90 Å². The maximum Gasteiger partial charge on any atom is 0.325 e. The molecular formula is C13H22N2O5. The topological polar surface area (TPSA) is 87.2 Å². The molecule has 1 aliphatic rings. The van der Waals surface area contributed by atoms with Crippen LogP contribution in [-0.2, 0) is 14.3 Å². The molecular weight excluding hydrogens is 264 g/mol. The molecule has 0 aromatic heterocycles. The van der Waals surface area contributed by atoms with Gasteiger partial charge in [-0.05, 0) is 25.7 Å². The van der Waals surface area contributed by atoms with Crippen LogP contribution >= 0.6 is 0 Å². The molecule has 7 heteroatoms. The summed E-state index contributed by atoms with van der Waals surface area (Å²) < 4.78 is 4.79. The zero-order chi connectivity index (χ0) is 15.1. The first kappa shape index (κ1) is 16.3. The zero-order valence-electron chi connectivity index (χ0n) is 12.0. The first-order chi connectivity index (χ1) is 9.43. The number of rotatable bonds is 6. The van der Waals surface area contributed by atoms with E-state index in [2.05, 4.69) is 0 Å². The lowest BCUT2D eigenvalue weighted by molar-refractivity contribution is -0.143. The molecule has 1 heterocycles. The average molecular weight is 286 g/mol. The molecule has 7 nitrogen and oxygen atoms in total. The van der Waals surface area contributed by atoms with Crippen LogP contribution in [0.25, 0.3) is 0 Å². The molecule has 1 rings (SSSR count). The molecule has 20 heavy (non-hydrogen) atoms. The zero-order valence-corrected chi connectivity index (χ0v) is 12.0. The van der Waals surface area contributed by atoms with Crippen molar-refractivity contribution >= 4 is 18.0 Å². The minimum Gasteiger partial charge on any atom is -0.481 e. The number of amides is 2. The molecule has 0 saturated carbocycles. The van der Waals surface area contributed by atoms with Gasteiger partial charge in [0.2, 0.25) is 0 Å². The van der Waals surface area contributed by atoms with Gasteiger partial charge in [-0.2, -0.15) is 0 Å². The lowest BCUT2D eigenvalue weighted by atomic mass is 10.0. The van der Waals surface area contributed by atoms with Crippen LogP contribution in [0.15, 0.2) is 0 Å². The van der Waals surface area contributed by atoms with Gasteiger partial charge in [-0.3, -0.25) is 9.59 Å². The number of hydrogen-bond acceptors (Lipinski definition) is 4. The van der Waals surface area contributed by atoms with E-state index in [1.807, 2.05) is 0 Å².